The molecule has 3 heterocycles. The predicted molar refractivity (Wildman–Crippen MR) is 120 cm³/mol. The average Bonchev–Trinajstić information content (AvgIpc) is 3.02. The molecule has 1 aromatic heterocycles. The molecule has 0 radical (unpaired) electrons. The van der Waals surface area contributed by atoms with Gasteiger partial charge in [0.05, 0.1) is 6.04 Å². The summed E-state index contributed by atoms with van der Waals surface area (Å²) < 4.78 is 0. The largest absolute Gasteiger partial charge is 0.353 e. The third kappa shape index (κ3) is 2.27. The molecule has 3 saturated carbocycles. The number of fused-ring (bicyclic) bond motifs is 2. The lowest BCUT2D eigenvalue weighted by Gasteiger charge is -2.70. The van der Waals surface area contributed by atoms with Crippen LogP contribution in [-0.4, -0.2) is 40.6 Å². The molecule has 1 aromatic carbocycles. The molecular weight excluding hydrogens is 368 g/mol. The highest BCUT2D eigenvalue weighted by Crippen LogP contribution is 2.65. The molecule has 2 aliphatic heterocycles. The molecule has 6 aliphatic rings. The Morgan fingerprint density at radius 1 is 1.07 bits per heavy atom. The fraction of sp³-hybridized carbons (Fsp3) is 0.500. The summed E-state index contributed by atoms with van der Waals surface area (Å²) in [5.74, 6) is 2.07. The van der Waals surface area contributed by atoms with Gasteiger partial charge in [0.1, 0.15) is 5.82 Å². The van der Waals surface area contributed by atoms with E-state index in [2.05, 4.69) is 59.3 Å². The topological polar surface area (TPSA) is 45.4 Å². The summed E-state index contributed by atoms with van der Waals surface area (Å²) in [7, 11) is 0. The Kier molecular flexibility index (Phi) is 3.47. The maximum Gasteiger partial charge on any atom is 0.128 e. The smallest absolute Gasteiger partial charge is 0.128 e. The Morgan fingerprint density at radius 3 is 2.53 bits per heavy atom. The number of anilines is 1. The van der Waals surface area contributed by atoms with Gasteiger partial charge in [0.25, 0.3) is 0 Å². The number of hydrogen-bond acceptors (Lipinski definition) is 4. The lowest BCUT2D eigenvalue weighted by molar-refractivity contribution is -0.173. The first kappa shape index (κ1) is 17.5. The number of aromatic nitrogens is 1. The number of pyridine rings is 1. The van der Waals surface area contributed by atoms with Gasteiger partial charge >= 0.3 is 0 Å². The second-order valence-corrected chi connectivity index (χ2v) is 10.5. The minimum Gasteiger partial charge on any atom is -0.353 e. The first-order valence-electron chi connectivity index (χ1n) is 11.7. The SMILES string of the molecule is C[C@@H]1CC2=C(Cc3ccccc32)[C@@H](c2ccc(N3CC(N)C3)nc2)N1C12CC(C1)C2. The van der Waals surface area contributed by atoms with Gasteiger partial charge in [-0.1, -0.05) is 30.3 Å². The third-order valence-electron chi connectivity index (χ3n) is 8.57. The van der Waals surface area contributed by atoms with E-state index in [4.69, 9.17) is 10.7 Å². The quantitative estimate of drug-likeness (QED) is 0.851. The molecule has 4 fully saturated rings. The van der Waals surface area contributed by atoms with E-state index in [1.807, 2.05) is 0 Å². The summed E-state index contributed by atoms with van der Waals surface area (Å²) in [5, 5.41) is 0. The van der Waals surface area contributed by atoms with Gasteiger partial charge in [-0.05, 0) is 78.8 Å². The van der Waals surface area contributed by atoms with Gasteiger partial charge in [-0.2, -0.15) is 0 Å². The molecule has 4 aliphatic carbocycles. The van der Waals surface area contributed by atoms with E-state index in [0.29, 0.717) is 23.7 Å². The van der Waals surface area contributed by atoms with E-state index in [9.17, 15) is 0 Å². The van der Waals surface area contributed by atoms with Gasteiger partial charge in [-0.3, -0.25) is 4.90 Å². The summed E-state index contributed by atoms with van der Waals surface area (Å²) in [5.41, 5.74) is 14.1. The summed E-state index contributed by atoms with van der Waals surface area (Å²) in [6.07, 6.45) is 8.66. The second kappa shape index (κ2) is 5.95. The van der Waals surface area contributed by atoms with E-state index in [1.165, 1.54) is 42.4 Å². The number of nitrogens with zero attached hydrogens (tertiary/aromatic N) is 3. The molecule has 2 aromatic rings. The van der Waals surface area contributed by atoms with Crippen LogP contribution in [0.3, 0.4) is 0 Å². The zero-order valence-corrected chi connectivity index (χ0v) is 17.7. The highest BCUT2D eigenvalue weighted by atomic mass is 15.3. The van der Waals surface area contributed by atoms with Crippen molar-refractivity contribution in [3.63, 3.8) is 0 Å². The fourth-order valence-electron chi connectivity index (χ4n) is 7.07. The van der Waals surface area contributed by atoms with Crippen molar-refractivity contribution in [2.24, 2.45) is 11.7 Å². The molecule has 30 heavy (non-hydrogen) atoms. The van der Waals surface area contributed by atoms with Crippen LogP contribution in [0.4, 0.5) is 5.82 Å². The van der Waals surface area contributed by atoms with Crippen molar-refractivity contribution < 1.29 is 0 Å². The maximum absolute atomic E-state index is 5.98. The number of rotatable bonds is 3. The number of benzene rings is 1. The maximum atomic E-state index is 5.98. The minimum atomic E-state index is 0.301. The van der Waals surface area contributed by atoms with Gasteiger partial charge in [-0.15, -0.1) is 0 Å². The van der Waals surface area contributed by atoms with Gasteiger partial charge in [0.2, 0.25) is 0 Å². The molecule has 0 amide bonds. The Hall–Kier alpha value is -2.17. The Balaban J connectivity index is 1.30. The molecule has 1 saturated heterocycles. The van der Waals surface area contributed by atoms with Crippen molar-refractivity contribution in [1.82, 2.24) is 9.88 Å². The summed E-state index contributed by atoms with van der Waals surface area (Å²) in [4.78, 5) is 10.1. The Morgan fingerprint density at radius 2 is 1.87 bits per heavy atom. The second-order valence-electron chi connectivity index (χ2n) is 10.5. The molecule has 2 bridgehead atoms. The van der Waals surface area contributed by atoms with Crippen molar-refractivity contribution in [2.45, 2.75) is 62.7 Å². The van der Waals surface area contributed by atoms with Crippen molar-refractivity contribution in [1.29, 1.82) is 0 Å². The first-order valence-corrected chi connectivity index (χ1v) is 11.7. The highest BCUT2D eigenvalue weighted by molar-refractivity contribution is 5.79. The summed E-state index contributed by atoms with van der Waals surface area (Å²) >= 11 is 0. The monoisotopic (exact) mass is 398 g/mol. The predicted octanol–water partition coefficient (Wildman–Crippen LogP) is 3.93. The van der Waals surface area contributed by atoms with E-state index in [1.54, 1.807) is 11.1 Å². The van der Waals surface area contributed by atoms with Crippen LogP contribution in [0.1, 0.15) is 55.3 Å². The molecule has 4 nitrogen and oxygen atoms in total. The van der Waals surface area contributed by atoms with Crippen LogP contribution >= 0.6 is 0 Å². The lowest BCUT2D eigenvalue weighted by Crippen LogP contribution is -2.71. The van der Waals surface area contributed by atoms with Crippen LogP contribution in [0.25, 0.3) is 5.57 Å². The molecule has 8 rings (SSSR count). The lowest BCUT2D eigenvalue weighted by atomic mass is 9.48. The van der Waals surface area contributed by atoms with Gasteiger partial charge in [-0.25, -0.2) is 4.98 Å². The molecule has 4 heteroatoms. The van der Waals surface area contributed by atoms with Crippen LogP contribution in [0.5, 0.6) is 0 Å². The fourth-order valence-corrected chi connectivity index (χ4v) is 7.07. The van der Waals surface area contributed by atoms with Crippen molar-refractivity contribution in [3.8, 4) is 0 Å². The van der Waals surface area contributed by atoms with Crippen LogP contribution in [-0.2, 0) is 6.42 Å². The highest BCUT2D eigenvalue weighted by Gasteiger charge is 2.63. The zero-order chi connectivity index (χ0) is 20.0. The number of nitrogens with two attached hydrogens (primary N) is 1. The van der Waals surface area contributed by atoms with E-state index >= 15 is 0 Å². The number of hydrogen-bond donors (Lipinski definition) is 1. The minimum absolute atomic E-state index is 0.301. The Bertz CT molecular complexity index is 1030. The van der Waals surface area contributed by atoms with Crippen LogP contribution < -0.4 is 10.6 Å². The van der Waals surface area contributed by atoms with Crippen LogP contribution in [0.2, 0.25) is 0 Å². The van der Waals surface area contributed by atoms with Gasteiger partial charge < -0.3 is 10.6 Å². The molecule has 0 unspecified atom stereocenters. The first-order chi connectivity index (χ1) is 14.6. The third-order valence-corrected chi connectivity index (χ3v) is 8.57. The van der Waals surface area contributed by atoms with Gasteiger partial charge in [0.15, 0.2) is 0 Å². The summed E-state index contributed by atoms with van der Waals surface area (Å²) in [6.45, 7) is 4.31. The van der Waals surface area contributed by atoms with Crippen LogP contribution in [0, 0.1) is 5.92 Å². The Labute approximate surface area is 178 Å². The molecule has 154 valence electrons. The van der Waals surface area contributed by atoms with Gasteiger partial charge in [0, 0.05) is 36.9 Å². The van der Waals surface area contributed by atoms with Crippen molar-refractivity contribution in [3.05, 3.63) is 64.9 Å². The van der Waals surface area contributed by atoms with E-state index < -0.39 is 0 Å². The van der Waals surface area contributed by atoms with Crippen LogP contribution in [0.15, 0.2) is 48.2 Å². The normalized spacial score (nSPS) is 34.7. The zero-order valence-electron chi connectivity index (χ0n) is 17.7. The van der Waals surface area contributed by atoms with E-state index in [-0.39, 0.29) is 0 Å². The van der Waals surface area contributed by atoms with Crippen molar-refractivity contribution >= 4 is 11.4 Å². The molecule has 2 atom stereocenters. The average molecular weight is 399 g/mol. The standard InChI is InChI=1S/C26H30N4/c1-16-8-22-21-5-3-2-4-18(21)9-23(22)25(30(16)26-10-17(11-26)12-26)19-6-7-24(28-13-19)29-14-20(27)15-29/h2-7,13,16-17,20,25H,8-12,14-15,27H2,1H3/t16-,17?,25-,26?/m1/s1. The molecular formula is C26H30N4. The van der Waals surface area contributed by atoms with E-state index in [0.717, 1.165) is 31.2 Å². The molecule has 2 N–H and O–H groups in total. The summed E-state index contributed by atoms with van der Waals surface area (Å²) in [6, 6.07) is 14.9. The van der Waals surface area contributed by atoms with Crippen molar-refractivity contribution in [2.75, 3.05) is 18.0 Å². The molecule has 0 spiro atoms.